The Morgan fingerprint density at radius 3 is 2.80 bits per heavy atom. The first kappa shape index (κ1) is 16.3. The van der Waals surface area contributed by atoms with Crippen LogP contribution in [0.25, 0.3) is 10.2 Å². The van der Waals surface area contributed by atoms with Crippen LogP contribution in [0.2, 0.25) is 0 Å². The van der Waals surface area contributed by atoms with Crippen LogP contribution in [0.1, 0.15) is 15.9 Å². The molecule has 2 heterocycles. The highest BCUT2D eigenvalue weighted by molar-refractivity contribution is 8.00. The van der Waals surface area contributed by atoms with Crippen molar-refractivity contribution < 1.29 is 4.79 Å². The van der Waals surface area contributed by atoms with Crippen LogP contribution < -0.4 is 5.32 Å². The number of hydrogen-bond donors (Lipinski definition) is 1. The van der Waals surface area contributed by atoms with Crippen molar-refractivity contribution in [1.82, 2.24) is 9.97 Å². The fourth-order valence-corrected chi connectivity index (χ4v) is 4.97. The summed E-state index contributed by atoms with van der Waals surface area (Å²) in [4.78, 5) is 21.3. The summed E-state index contributed by atoms with van der Waals surface area (Å²) < 4.78 is 2.19. The van der Waals surface area contributed by atoms with E-state index < -0.39 is 0 Å². The van der Waals surface area contributed by atoms with Gasteiger partial charge in [-0.1, -0.05) is 42.1 Å². The molecule has 1 N–H and O–H groups in total. The van der Waals surface area contributed by atoms with Crippen molar-refractivity contribution in [2.24, 2.45) is 0 Å². The van der Waals surface area contributed by atoms with E-state index in [4.69, 9.17) is 0 Å². The molecule has 2 aromatic heterocycles. The van der Waals surface area contributed by atoms with Crippen LogP contribution in [0.4, 0.5) is 5.13 Å². The molecule has 0 aliphatic heterocycles. The molecule has 0 radical (unpaired) electrons. The minimum atomic E-state index is -0.129. The highest BCUT2D eigenvalue weighted by Crippen LogP contribution is 2.32. The van der Waals surface area contributed by atoms with E-state index >= 15 is 0 Å². The molecule has 0 bridgehead atoms. The van der Waals surface area contributed by atoms with Crippen molar-refractivity contribution in [2.45, 2.75) is 10.1 Å². The van der Waals surface area contributed by atoms with Crippen molar-refractivity contribution >= 4 is 55.7 Å². The van der Waals surface area contributed by atoms with Gasteiger partial charge in [0.05, 0.1) is 10.2 Å². The molecule has 4 aromatic rings. The number of nitrogens with zero attached hydrogens (tertiary/aromatic N) is 2. The van der Waals surface area contributed by atoms with E-state index in [1.54, 1.807) is 29.3 Å². The van der Waals surface area contributed by atoms with Gasteiger partial charge in [0, 0.05) is 22.9 Å². The summed E-state index contributed by atoms with van der Waals surface area (Å²) in [6, 6.07) is 15.8. The highest BCUT2D eigenvalue weighted by atomic mass is 32.2. The molecule has 0 aliphatic carbocycles. The van der Waals surface area contributed by atoms with Gasteiger partial charge in [-0.25, -0.2) is 9.97 Å². The number of fused-ring (bicyclic) bond motifs is 1. The number of para-hydroxylation sites is 1. The van der Waals surface area contributed by atoms with Crippen LogP contribution >= 0.6 is 34.4 Å². The molecule has 7 heteroatoms. The second-order valence-electron chi connectivity index (χ2n) is 5.18. The van der Waals surface area contributed by atoms with E-state index in [-0.39, 0.29) is 5.91 Å². The number of aromatic nitrogens is 2. The molecule has 0 spiro atoms. The molecule has 2 aromatic carbocycles. The number of carbonyl (C=O) groups excluding carboxylic acids is 1. The minimum absolute atomic E-state index is 0.129. The van der Waals surface area contributed by atoms with Crippen molar-refractivity contribution in [2.75, 3.05) is 5.32 Å². The average Bonchev–Trinajstić information content (AvgIpc) is 3.29. The monoisotopic (exact) mass is 383 g/mol. The first-order valence-electron chi connectivity index (χ1n) is 7.57. The van der Waals surface area contributed by atoms with Gasteiger partial charge in [-0.3, -0.25) is 10.1 Å². The predicted molar refractivity (Wildman–Crippen MR) is 106 cm³/mol. The first-order chi connectivity index (χ1) is 12.3. The molecule has 0 fully saturated rings. The van der Waals surface area contributed by atoms with Crippen molar-refractivity contribution in [3.63, 3.8) is 0 Å². The zero-order valence-electron chi connectivity index (χ0n) is 13.0. The van der Waals surface area contributed by atoms with E-state index in [2.05, 4.69) is 21.4 Å². The van der Waals surface area contributed by atoms with Gasteiger partial charge in [-0.2, -0.15) is 0 Å². The minimum Gasteiger partial charge on any atom is -0.298 e. The normalized spacial score (nSPS) is 10.9. The number of hydrogen-bond acceptors (Lipinski definition) is 6. The van der Waals surface area contributed by atoms with Gasteiger partial charge in [0.25, 0.3) is 5.91 Å². The van der Waals surface area contributed by atoms with Crippen LogP contribution in [-0.2, 0) is 5.75 Å². The number of carbonyl (C=O) groups is 1. The molecule has 0 saturated carbocycles. The average molecular weight is 384 g/mol. The summed E-state index contributed by atoms with van der Waals surface area (Å²) >= 11 is 4.74. The Bertz CT molecular complexity index is 978. The zero-order valence-corrected chi connectivity index (χ0v) is 15.5. The van der Waals surface area contributed by atoms with Crippen LogP contribution in [0.15, 0.2) is 64.4 Å². The Kier molecular flexibility index (Phi) is 4.78. The van der Waals surface area contributed by atoms with Gasteiger partial charge in [-0.15, -0.1) is 22.7 Å². The lowest BCUT2D eigenvalue weighted by molar-refractivity contribution is 0.102. The lowest BCUT2D eigenvalue weighted by atomic mass is 10.1. The molecule has 0 unspecified atom stereocenters. The maximum atomic E-state index is 12.5. The molecule has 4 rings (SSSR count). The molecule has 0 atom stereocenters. The number of thiazole rings is 2. The van der Waals surface area contributed by atoms with Gasteiger partial charge < -0.3 is 0 Å². The summed E-state index contributed by atoms with van der Waals surface area (Å²) in [5.41, 5.74) is 2.68. The Morgan fingerprint density at radius 1 is 1.12 bits per heavy atom. The second-order valence-corrected chi connectivity index (χ2v) is 8.33. The lowest BCUT2D eigenvalue weighted by Crippen LogP contribution is -2.13. The molecule has 124 valence electrons. The Balaban J connectivity index is 1.51. The standard InChI is InChI=1S/C18H13N3OS3/c22-16(21-17-19-9-10-23-17)13-6-2-1-5-12(13)11-24-18-20-14-7-3-4-8-15(14)25-18/h1-10H,11H2,(H,19,21,22). The second kappa shape index (κ2) is 7.35. The van der Waals surface area contributed by atoms with E-state index in [1.165, 1.54) is 16.0 Å². The van der Waals surface area contributed by atoms with Gasteiger partial charge in [0.1, 0.15) is 0 Å². The first-order valence-corrected chi connectivity index (χ1v) is 10.2. The number of anilines is 1. The van der Waals surface area contributed by atoms with Crippen molar-refractivity contribution in [3.8, 4) is 0 Å². The van der Waals surface area contributed by atoms with E-state index in [9.17, 15) is 4.79 Å². The zero-order chi connectivity index (χ0) is 17.1. The number of thioether (sulfide) groups is 1. The van der Waals surface area contributed by atoms with Crippen LogP contribution in [0.3, 0.4) is 0 Å². The van der Waals surface area contributed by atoms with Gasteiger partial charge in [0.2, 0.25) is 0 Å². The smallest absolute Gasteiger partial charge is 0.257 e. The number of rotatable bonds is 5. The van der Waals surface area contributed by atoms with Crippen LogP contribution in [0, 0.1) is 0 Å². The fourth-order valence-electron chi connectivity index (χ4n) is 2.37. The SMILES string of the molecule is O=C(Nc1nccs1)c1ccccc1CSc1nc2ccccc2s1. The maximum Gasteiger partial charge on any atom is 0.257 e. The summed E-state index contributed by atoms with van der Waals surface area (Å²) in [6.07, 6.45) is 1.68. The topological polar surface area (TPSA) is 54.9 Å². The molecular weight excluding hydrogens is 370 g/mol. The third-order valence-electron chi connectivity index (χ3n) is 3.54. The van der Waals surface area contributed by atoms with Gasteiger partial charge in [0.15, 0.2) is 9.47 Å². The molecule has 0 aliphatic rings. The van der Waals surface area contributed by atoms with Crippen molar-refractivity contribution in [1.29, 1.82) is 0 Å². The predicted octanol–water partition coefficient (Wildman–Crippen LogP) is 5.30. The summed E-state index contributed by atoms with van der Waals surface area (Å²) in [7, 11) is 0. The van der Waals surface area contributed by atoms with E-state index in [0.717, 1.165) is 15.4 Å². The molecular formula is C18H13N3OS3. The molecule has 1 amide bonds. The lowest BCUT2D eigenvalue weighted by Gasteiger charge is -2.07. The quantitative estimate of drug-likeness (QED) is 0.475. The molecule has 25 heavy (non-hydrogen) atoms. The summed E-state index contributed by atoms with van der Waals surface area (Å²) in [5, 5.41) is 5.29. The number of amides is 1. The third-order valence-corrected chi connectivity index (χ3v) is 6.46. The summed E-state index contributed by atoms with van der Waals surface area (Å²) in [6.45, 7) is 0. The van der Waals surface area contributed by atoms with E-state index in [1.807, 2.05) is 47.8 Å². The Labute approximate surface area is 157 Å². The molecule has 0 saturated heterocycles. The molecule has 4 nitrogen and oxygen atoms in total. The number of nitrogens with one attached hydrogen (secondary N) is 1. The van der Waals surface area contributed by atoms with Gasteiger partial charge in [-0.05, 0) is 23.8 Å². The highest BCUT2D eigenvalue weighted by Gasteiger charge is 2.13. The van der Waals surface area contributed by atoms with E-state index in [0.29, 0.717) is 16.4 Å². The largest absolute Gasteiger partial charge is 0.298 e. The Hall–Kier alpha value is -2.22. The summed E-state index contributed by atoms with van der Waals surface area (Å²) in [5.74, 6) is 0.567. The Morgan fingerprint density at radius 2 is 1.96 bits per heavy atom. The number of benzene rings is 2. The van der Waals surface area contributed by atoms with Crippen LogP contribution in [0.5, 0.6) is 0 Å². The fraction of sp³-hybridized carbons (Fsp3) is 0.0556. The third kappa shape index (κ3) is 3.73. The van der Waals surface area contributed by atoms with Crippen LogP contribution in [-0.4, -0.2) is 15.9 Å². The maximum absolute atomic E-state index is 12.5. The van der Waals surface area contributed by atoms with Crippen molar-refractivity contribution in [3.05, 3.63) is 71.2 Å². The van der Waals surface area contributed by atoms with Gasteiger partial charge >= 0.3 is 0 Å².